The molecule has 0 aliphatic heterocycles. The van der Waals surface area contributed by atoms with Crippen LogP contribution in [-0.2, 0) is 0 Å². The van der Waals surface area contributed by atoms with Crippen LogP contribution < -0.4 is 5.48 Å². The molecule has 0 saturated heterocycles. The fourth-order valence-corrected chi connectivity index (χ4v) is 1.12. The standard InChI is InChI=1S/C8H8N2O/c11-10-7-2-1-6-3-4-9-8(6)5-7/h1-5,9-11H. The Morgan fingerprint density at radius 1 is 1.27 bits per heavy atom. The molecule has 0 atom stereocenters. The fraction of sp³-hybridized carbons (Fsp3) is 0. The highest BCUT2D eigenvalue weighted by atomic mass is 16.5. The number of nitrogens with one attached hydrogen (secondary N) is 2. The van der Waals surface area contributed by atoms with Crippen LogP contribution in [0, 0.1) is 0 Å². The molecular weight excluding hydrogens is 140 g/mol. The van der Waals surface area contributed by atoms with Crippen molar-refractivity contribution in [3.8, 4) is 0 Å². The SMILES string of the molecule is ONc1ccc2cc[nH]c2c1. The van der Waals surface area contributed by atoms with Gasteiger partial charge in [0.15, 0.2) is 0 Å². The second-order valence-electron chi connectivity index (χ2n) is 2.39. The minimum atomic E-state index is 0.694. The van der Waals surface area contributed by atoms with Gasteiger partial charge in [0.05, 0.1) is 5.69 Å². The molecule has 0 amide bonds. The van der Waals surface area contributed by atoms with Gasteiger partial charge in [-0.05, 0) is 23.6 Å². The molecule has 2 rings (SSSR count). The molecule has 0 aliphatic carbocycles. The van der Waals surface area contributed by atoms with Crippen LogP contribution in [0.2, 0.25) is 0 Å². The lowest BCUT2D eigenvalue weighted by molar-refractivity contribution is 0.389. The topological polar surface area (TPSA) is 48.0 Å². The summed E-state index contributed by atoms with van der Waals surface area (Å²) < 4.78 is 0. The largest absolute Gasteiger partial charge is 0.361 e. The minimum absolute atomic E-state index is 0.694. The molecule has 1 heterocycles. The number of anilines is 1. The number of aromatic nitrogens is 1. The summed E-state index contributed by atoms with van der Waals surface area (Å²) >= 11 is 0. The number of hydrogen-bond acceptors (Lipinski definition) is 2. The average molecular weight is 148 g/mol. The molecule has 2 aromatic rings. The molecule has 0 bridgehead atoms. The van der Waals surface area contributed by atoms with E-state index in [0.717, 1.165) is 10.9 Å². The molecule has 1 aromatic carbocycles. The van der Waals surface area contributed by atoms with Crippen LogP contribution >= 0.6 is 0 Å². The van der Waals surface area contributed by atoms with Crippen LogP contribution in [-0.4, -0.2) is 10.2 Å². The highest BCUT2D eigenvalue weighted by Crippen LogP contribution is 2.16. The normalized spacial score (nSPS) is 10.3. The van der Waals surface area contributed by atoms with E-state index in [9.17, 15) is 0 Å². The Bertz CT molecular complexity index is 367. The lowest BCUT2D eigenvalue weighted by atomic mass is 10.2. The zero-order valence-electron chi connectivity index (χ0n) is 5.83. The molecule has 1 aromatic heterocycles. The summed E-state index contributed by atoms with van der Waals surface area (Å²) in [4.78, 5) is 3.04. The molecule has 3 N–H and O–H groups in total. The highest BCUT2D eigenvalue weighted by Gasteiger charge is 1.93. The van der Waals surface area contributed by atoms with Crippen molar-refractivity contribution in [3.05, 3.63) is 30.5 Å². The molecular formula is C8H8N2O. The number of rotatable bonds is 1. The molecule has 0 aliphatic rings. The number of H-pyrrole nitrogens is 1. The predicted octanol–water partition coefficient (Wildman–Crippen LogP) is 1.97. The second-order valence-corrected chi connectivity index (χ2v) is 2.39. The maximum atomic E-state index is 8.57. The van der Waals surface area contributed by atoms with Crippen LogP contribution in [0.25, 0.3) is 10.9 Å². The molecule has 3 nitrogen and oxygen atoms in total. The first-order valence-electron chi connectivity index (χ1n) is 3.37. The van der Waals surface area contributed by atoms with E-state index in [1.54, 1.807) is 0 Å². The Kier molecular flexibility index (Phi) is 1.30. The van der Waals surface area contributed by atoms with Gasteiger partial charge in [-0.3, -0.25) is 10.7 Å². The number of fused-ring (bicyclic) bond motifs is 1. The van der Waals surface area contributed by atoms with Gasteiger partial charge in [-0.2, -0.15) is 0 Å². The third kappa shape index (κ3) is 0.951. The quantitative estimate of drug-likeness (QED) is 0.541. The Morgan fingerprint density at radius 2 is 2.18 bits per heavy atom. The van der Waals surface area contributed by atoms with E-state index in [1.165, 1.54) is 0 Å². The van der Waals surface area contributed by atoms with Gasteiger partial charge in [0.1, 0.15) is 0 Å². The molecule has 0 saturated carbocycles. The van der Waals surface area contributed by atoms with E-state index < -0.39 is 0 Å². The lowest BCUT2D eigenvalue weighted by Gasteiger charge is -1.96. The Balaban J connectivity index is 2.67. The maximum Gasteiger partial charge on any atom is 0.0623 e. The molecule has 56 valence electrons. The zero-order chi connectivity index (χ0) is 7.68. The van der Waals surface area contributed by atoms with Gasteiger partial charge in [0.2, 0.25) is 0 Å². The third-order valence-corrected chi connectivity index (χ3v) is 1.68. The summed E-state index contributed by atoms with van der Waals surface area (Å²) in [6, 6.07) is 7.58. The lowest BCUT2D eigenvalue weighted by Crippen LogP contribution is -1.87. The summed E-state index contributed by atoms with van der Waals surface area (Å²) in [5.74, 6) is 0. The molecule has 3 heteroatoms. The van der Waals surface area contributed by atoms with Crippen molar-refractivity contribution in [1.29, 1.82) is 0 Å². The van der Waals surface area contributed by atoms with Crippen LogP contribution in [0.3, 0.4) is 0 Å². The summed E-state index contributed by atoms with van der Waals surface area (Å²) in [7, 11) is 0. The maximum absolute atomic E-state index is 8.57. The van der Waals surface area contributed by atoms with E-state index in [4.69, 9.17) is 5.21 Å². The first-order valence-corrected chi connectivity index (χ1v) is 3.37. The zero-order valence-corrected chi connectivity index (χ0v) is 5.83. The van der Waals surface area contributed by atoms with Crippen LogP contribution in [0.1, 0.15) is 0 Å². The number of hydrogen-bond donors (Lipinski definition) is 3. The Labute approximate surface area is 63.6 Å². The van der Waals surface area contributed by atoms with Crippen LogP contribution in [0.15, 0.2) is 30.5 Å². The predicted molar refractivity (Wildman–Crippen MR) is 43.7 cm³/mol. The number of aromatic amines is 1. The van der Waals surface area contributed by atoms with Crippen molar-refractivity contribution >= 4 is 16.6 Å². The van der Waals surface area contributed by atoms with Crippen molar-refractivity contribution in [1.82, 2.24) is 4.98 Å². The van der Waals surface area contributed by atoms with E-state index >= 15 is 0 Å². The highest BCUT2D eigenvalue weighted by molar-refractivity contribution is 5.82. The summed E-state index contributed by atoms with van der Waals surface area (Å²) in [5.41, 5.74) is 3.80. The summed E-state index contributed by atoms with van der Waals surface area (Å²) in [6.45, 7) is 0. The third-order valence-electron chi connectivity index (χ3n) is 1.68. The van der Waals surface area contributed by atoms with Crippen molar-refractivity contribution in [2.45, 2.75) is 0 Å². The molecule has 0 radical (unpaired) electrons. The molecule has 0 fully saturated rings. The first-order chi connectivity index (χ1) is 5.40. The first kappa shape index (κ1) is 6.24. The van der Waals surface area contributed by atoms with E-state index in [-0.39, 0.29) is 0 Å². The molecule has 11 heavy (non-hydrogen) atoms. The van der Waals surface area contributed by atoms with Gasteiger partial charge in [-0.1, -0.05) is 6.07 Å². The van der Waals surface area contributed by atoms with Gasteiger partial charge < -0.3 is 4.98 Å². The fourth-order valence-electron chi connectivity index (χ4n) is 1.12. The average Bonchev–Trinajstić information content (AvgIpc) is 2.50. The second kappa shape index (κ2) is 2.29. The van der Waals surface area contributed by atoms with E-state index in [2.05, 4.69) is 10.5 Å². The summed E-state index contributed by atoms with van der Waals surface area (Å²) in [6.07, 6.45) is 1.87. The van der Waals surface area contributed by atoms with Crippen molar-refractivity contribution in [2.75, 3.05) is 5.48 Å². The summed E-state index contributed by atoms with van der Waals surface area (Å²) in [5, 5.41) is 9.71. The monoisotopic (exact) mass is 148 g/mol. The van der Waals surface area contributed by atoms with Crippen molar-refractivity contribution < 1.29 is 5.21 Å². The Morgan fingerprint density at radius 3 is 3.00 bits per heavy atom. The van der Waals surface area contributed by atoms with Gasteiger partial charge in [0, 0.05) is 11.7 Å². The smallest absolute Gasteiger partial charge is 0.0623 e. The van der Waals surface area contributed by atoms with Gasteiger partial charge >= 0.3 is 0 Å². The molecule has 0 unspecified atom stereocenters. The van der Waals surface area contributed by atoms with E-state index in [0.29, 0.717) is 5.69 Å². The Hall–Kier alpha value is -1.48. The van der Waals surface area contributed by atoms with E-state index in [1.807, 2.05) is 30.5 Å². The van der Waals surface area contributed by atoms with Gasteiger partial charge in [0.25, 0.3) is 0 Å². The van der Waals surface area contributed by atoms with Crippen molar-refractivity contribution in [2.24, 2.45) is 0 Å². The molecule has 0 spiro atoms. The van der Waals surface area contributed by atoms with Crippen molar-refractivity contribution in [3.63, 3.8) is 0 Å². The van der Waals surface area contributed by atoms with Gasteiger partial charge in [-0.15, -0.1) is 0 Å². The van der Waals surface area contributed by atoms with Crippen LogP contribution in [0.5, 0.6) is 0 Å². The van der Waals surface area contributed by atoms with Crippen LogP contribution in [0.4, 0.5) is 5.69 Å². The minimum Gasteiger partial charge on any atom is -0.361 e. The van der Waals surface area contributed by atoms with Gasteiger partial charge in [-0.25, -0.2) is 0 Å². The number of benzene rings is 1.